The highest BCUT2D eigenvalue weighted by Gasteiger charge is 2.25. The average molecular weight is 266 g/mol. The molecular weight excluding hydrogens is 248 g/mol. The highest BCUT2D eigenvalue weighted by molar-refractivity contribution is 5.92. The van der Waals surface area contributed by atoms with Gasteiger partial charge in [0.05, 0.1) is 6.20 Å². The molecule has 0 atom stereocenters. The van der Waals surface area contributed by atoms with Crippen LogP contribution in [0.1, 0.15) is 44.1 Å². The molecule has 1 saturated carbocycles. The van der Waals surface area contributed by atoms with Gasteiger partial charge >= 0.3 is 5.97 Å². The largest absolute Gasteiger partial charge is 0.459 e. The van der Waals surface area contributed by atoms with Crippen molar-refractivity contribution in [3.63, 3.8) is 0 Å². The molecule has 0 saturated heterocycles. The van der Waals surface area contributed by atoms with Crippen molar-refractivity contribution >= 4 is 11.9 Å². The quantitative estimate of drug-likeness (QED) is 0.802. The summed E-state index contributed by atoms with van der Waals surface area (Å²) in [5.74, 6) is -0.663. The van der Waals surface area contributed by atoms with Crippen LogP contribution in [0.4, 0.5) is 0 Å². The SMILES string of the molecule is CC(C)(C)OC(=O)Cn1cc(C(=O)NC2CC2)nn1. The molecule has 0 spiro atoms. The van der Waals surface area contributed by atoms with Crippen LogP contribution in [-0.4, -0.2) is 38.5 Å². The lowest BCUT2D eigenvalue weighted by Crippen LogP contribution is -2.27. The fourth-order valence-electron chi connectivity index (χ4n) is 1.47. The van der Waals surface area contributed by atoms with Crippen LogP contribution in [-0.2, 0) is 16.1 Å². The summed E-state index contributed by atoms with van der Waals surface area (Å²) >= 11 is 0. The highest BCUT2D eigenvalue weighted by atomic mass is 16.6. The Kier molecular flexibility index (Phi) is 3.55. The molecule has 1 heterocycles. The summed E-state index contributed by atoms with van der Waals surface area (Å²) in [7, 11) is 0. The Hall–Kier alpha value is -1.92. The summed E-state index contributed by atoms with van der Waals surface area (Å²) in [4.78, 5) is 23.3. The van der Waals surface area contributed by atoms with Crippen molar-refractivity contribution in [3.05, 3.63) is 11.9 Å². The first-order valence-corrected chi connectivity index (χ1v) is 6.26. The number of esters is 1. The van der Waals surface area contributed by atoms with Crippen LogP contribution in [0.5, 0.6) is 0 Å². The second-order valence-electron chi connectivity index (χ2n) is 5.64. The molecule has 2 rings (SSSR count). The van der Waals surface area contributed by atoms with E-state index in [1.807, 2.05) is 0 Å². The minimum atomic E-state index is -0.538. The summed E-state index contributed by atoms with van der Waals surface area (Å²) in [5.41, 5.74) is -0.320. The maximum absolute atomic E-state index is 11.7. The van der Waals surface area contributed by atoms with Gasteiger partial charge in [0, 0.05) is 6.04 Å². The van der Waals surface area contributed by atoms with E-state index in [1.54, 1.807) is 20.8 Å². The molecular formula is C12H18N4O3. The normalized spacial score (nSPS) is 15.1. The summed E-state index contributed by atoms with van der Waals surface area (Å²) in [6, 6.07) is 0.267. The zero-order valence-corrected chi connectivity index (χ0v) is 11.3. The van der Waals surface area contributed by atoms with Gasteiger partial charge in [-0.1, -0.05) is 5.21 Å². The monoisotopic (exact) mass is 266 g/mol. The number of ether oxygens (including phenoxy) is 1. The average Bonchev–Trinajstić information content (AvgIpc) is 2.93. The third kappa shape index (κ3) is 4.35. The predicted octanol–water partition coefficient (Wildman–Crippen LogP) is 0.512. The Bertz CT molecular complexity index is 485. The molecule has 0 radical (unpaired) electrons. The minimum absolute atomic E-state index is 0.0546. The maximum atomic E-state index is 11.7. The molecule has 1 aliphatic carbocycles. The van der Waals surface area contributed by atoms with Gasteiger partial charge in [0.1, 0.15) is 12.1 Å². The lowest BCUT2D eigenvalue weighted by Gasteiger charge is -2.19. The number of nitrogens with zero attached hydrogens (tertiary/aromatic N) is 3. The smallest absolute Gasteiger partial charge is 0.328 e. The lowest BCUT2D eigenvalue weighted by atomic mass is 10.2. The van der Waals surface area contributed by atoms with E-state index in [1.165, 1.54) is 10.9 Å². The number of aromatic nitrogens is 3. The molecule has 1 amide bonds. The van der Waals surface area contributed by atoms with Crippen LogP contribution in [0.25, 0.3) is 0 Å². The zero-order chi connectivity index (χ0) is 14.0. The van der Waals surface area contributed by atoms with Crippen LogP contribution in [0, 0.1) is 0 Å². The van der Waals surface area contributed by atoms with E-state index >= 15 is 0 Å². The van der Waals surface area contributed by atoms with Gasteiger partial charge in [-0.25, -0.2) is 4.68 Å². The second-order valence-corrected chi connectivity index (χ2v) is 5.64. The van der Waals surface area contributed by atoms with Crippen LogP contribution >= 0.6 is 0 Å². The van der Waals surface area contributed by atoms with Crippen molar-refractivity contribution in [2.24, 2.45) is 0 Å². The number of hydrogen-bond acceptors (Lipinski definition) is 5. The van der Waals surface area contributed by atoms with Crippen LogP contribution in [0.15, 0.2) is 6.20 Å². The molecule has 1 fully saturated rings. The molecule has 0 aromatic carbocycles. The van der Waals surface area contributed by atoms with Gasteiger partial charge in [-0.05, 0) is 33.6 Å². The fourth-order valence-corrected chi connectivity index (χ4v) is 1.47. The van der Waals surface area contributed by atoms with E-state index in [0.717, 1.165) is 12.8 Å². The maximum Gasteiger partial charge on any atom is 0.328 e. The Morgan fingerprint density at radius 3 is 2.74 bits per heavy atom. The van der Waals surface area contributed by atoms with Gasteiger partial charge in [-0.3, -0.25) is 9.59 Å². The van der Waals surface area contributed by atoms with Crippen LogP contribution in [0.2, 0.25) is 0 Å². The van der Waals surface area contributed by atoms with Gasteiger partial charge in [0.25, 0.3) is 5.91 Å². The first-order valence-electron chi connectivity index (χ1n) is 6.26. The van der Waals surface area contributed by atoms with Crippen molar-refractivity contribution in [3.8, 4) is 0 Å². The topological polar surface area (TPSA) is 86.1 Å². The summed E-state index contributed by atoms with van der Waals surface area (Å²) in [6.07, 6.45) is 3.47. The lowest BCUT2D eigenvalue weighted by molar-refractivity contribution is -0.155. The molecule has 1 aromatic heterocycles. The number of rotatable bonds is 4. The summed E-state index contributed by atoms with van der Waals surface area (Å²) in [6.45, 7) is 5.32. The molecule has 0 unspecified atom stereocenters. The van der Waals surface area contributed by atoms with Gasteiger partial charge < -0.3 is 10.1 Å². The van der Waals surface area contributed by atoms with Gasteiger partial charge in [0.15, 0.2) is 5.69 Å². The van der Waals surface area contributed by atoms with E-state index in [-0.39, 0.29) is 24.2 Å². The molecule has 1 aliphatic rings. The van der Waals surface area contributed by atoms with E-state index in [4.69, 9.17) is 4.74 Å². The highest BCUT2D eigenvalue weighted by Crippen LogP contribution is 2.18. The predicted molar refractivity (Wildman–Crippen MR) is 66.4 cm³/mol. The van der Waals surface area contributed by atoms with Gasteiger partial charge in [-0.15, -0.1) is 5.10 Å². The number of nitrogens with one attached hydrogen (secondary N) is 1. The Morgan fingerprint density at radius 2 is 2.16 bits per heavy atom. The Labute approximate surface area is 111 Å². The zero-order valence-electron chi connectivity index (χ0n) is 11.3. The molecule has 1 N–H and O–H groups in total. The molecule has 0 bridgehead atoms. The standard InChI is InChI=1S/C12H18N4O3/c1-12(2,3)19-10(17)7-16-6-9(14-15-16)11(18)13-8-4-5-8/h6,8H,4-5,7H2,1-3H3,(H,13,18). The van der Waals surface area contributed by atoms with E-state index in [9.17, 15) is 9.59 Å². The minimum Gasteiger partial charge on any atom is -0.459 e. The molecule has 7 nitrogen and oxygen atoms in total. The van der Waals surface area contributed by atoms with E-state index < -0.39 is 11.6 Å². The van der Waals surface area contributed by atoms with Crippen LogP contribution < -0.4 is 5.32 Å². The molecule has 104 valence electrons. The van der Waals surface area contributed by atoms with E-state index in [2.05, 4.69) is 15.6 Å². The second kappa shape index (κ2) is 4.99. The molecule has 7 heteroatoms. The number of carbonyl (C=O) groups excluding carboxylic acids is 2. The molecule has 19 heavy (non-hydrogen) atoms. The third-order valence-electron chi connectivity index (χ3n) is 2.39. The van der Waals surface area contributed by atoms with E-state index in [0.29, 0.717) is 0 Å². The van der Waals surface area contributed by atoms with Gasteiger partial charge in [0.2, 0.25) is 0 Å². The summed E-state index contributed by atoms with van der Waals surface area (Å²) in [5, 5.41) is 10.3. The van der Waals surface area contributed by atoms with Crippen molar-refractivity contribution < 1.29 is 14.3 Å². The first kappa shape index (κ1) is 13.5. The number of amides is 1. The van der Waals surface area contributed by atoms with Crippen LogP contribution in [0.3, 0.4) is 0 Å². The van der Waals surface area contributed by atoms with Crippen molar-refractivity contribution in [2.75, 3.05) is 0 Å². The Morgan fingerprint density at radius 1 is 1.47 bits per heavy atom. The summed E-state index contributed by atoms with van der Waals surface area (Å²) < 4.78 is 6.46. The first-order chi connectivity index (χ1) is 8.83. The van der Waals surface area contributed by atoms with Crippen molar-refractivity contribution in [2.45, 2.75) is 51.8 Å². The Balaban J connectivity index is 1.89. The molecule has 0 aliphatic heterocycles. The third-order valence-corrected chi connectivity index (χ3v) is 2.39. The fraction of sp³-hybridized carbons (Fsp3) is 0.667. The van der Waals surface area contributed by atoms with Gasteiger partial charge in [-0.2, -0.15) is 0 Å². The van der Waals surface area contributed by atoms with Crippen molar-refractivity contribution in [1.29, 1.82) is 0 Å². The molecule has 1 aromatic rings. The number of carbonyl (C=O) groups is 2. The number of hydrogen-bond donors (Lipinski definition) is 1. The van der Waals surface area contributed by atoms with Crippen molar-refractivity contribution in [1.82, 2.24) is 20.3 Å².